The summed E-state index contributed by atoms with van der Waals surface area (Å²) in [5.41, 5.74) is 2.44. The van der Waals surface area contributed by atoms with Gasteiger partial charge in [0.1, 0.15) is 6.04 Å². The van der Waals surface area contributed by atoms with Gasteiger partial charge in [0, 0.05) is 6.04 Å². The molecule has 1 fully saturated rings. The van der Waals surface area contributed by atoms with Crippen molar-refractivity contribution in [3.8, 4) is 6.07 Å². The second-order valence-electron chi connectivity index (χ2n) is 5.12. The maximum atomic E-state index is 9.42. The van der Waals surface area contributed by atoms with Crippen LogP contribution in [0.3, 0.4) is 0 Å². The quantitative estimate of drug-likeness (QED) is 0.873. The van der Waals surface area contributed by atoms with E-state index in [9.17, 15) is 5.26 Å². The van der Waals surface area contributed by atoms with E-state index in [-0.39, 0.29) is 6.04 Å². The average molecular weight is 242 g/mol. The summed E-state index contributed by atoms with van der Waals surface area (Å²) in [4.78, 5) is 0. The molecule has 1 unspecified atom stereocenters. The van der Waals surface area contributed by atoms with Crippen LogP contribution in [0.15, 0.2) is 24.3 Å². The molecule has 2 heteroatoms. The highest BCUT2D eigenvalue weighted by molar-refractivity contribution is 5.33. The Balaban J connectivity index is 2.10. The Kier molecular flexibility index (Phi) is 4.78. The van der Waals surface area contributed by atoms with Crippen LogP contribution in [0.25, 0.3) is 0 Å². The summed E-state index contributed by atoms with van der Waals surface area (Å²) in [6, 6.07) is 11.1. The molecule has 0 spiro atoms. The topological polar surface area (TPSA) is 35.8 Å². The number of nitrogens with zero attached hydrogens (tertiary/aromatic N) is 1. The maximum absolute atomic E-state index is 9.42. The summed E-state index contributed by atoms with van der Waals surface area (Å²) in [5.74, 6) is 0. The number of aryl methyl sites for hydroxylation is 1. The molecule has 0 aliphatic heterocycles. The first-order valence-electron chi connectivity index (χ1n) is 7.08. The average Bonchev–Trinajstić information content (AvgIpc) is 2.46. The second-order valence-corrected chi connectivity index (χ2v) is 5.12. The molecule has 1 aliphatic carbocycles. The Morgan fingerprint density at radius 3 is 2.67 bits per heavy atom. The molecule has 0 aromatic heterocycles. The van der Waals surface area contributed by atoms with Gasteiger partial charge < -0.3 is 0 Å². The molecule has 1 aliphatic rings. The fraction of sp³-hybridized carbons (Fsp3) is 0.562. The first-order valence-corrected chi connectivity index (χ1v) is 7.08. The van der Waals surface area contributed by atoms with Crippen molar-refractivity contribution in [2.45, 2.75) is 57.5 Å². The van der Waals surface area contributed by atoms with E-state index in [1.165, 1.54) is 37.7 Å². The van der Waals surface area contributed by atoms with Gasteiger partial charge in [-0.1, -0.05) is 50.5 Å². The first kappa shape index (κ1) is 13.1. The molecule has 18 heavy (non-hydrogen) atoms. The minimum absolute atomic E-state index is 0.149. The molecule has 0 saturated heterocycles. The lowest BCUT2D eigenvalue weighted by molar-refractivity contribution is 0.359. The van der Waals surface area contributed by atoms with Crippen molar-refractivity contribution in [3.63, 3.8) is 0 Å². The van der Waals surface area contributed by atoms with E-state index >= 15 is 0 Å². The van der Waals surface area contributed by atoms with Gasteiger partial charge in [-0.05, 0) is 30.4 Å². The van der Waals surface area contributed by atoms with Gasteiger partial charge in [-0.3, -0.25) is 5.32 Å². The van der Waals surface area contributed by atoms with Crippen LogP contribution in [0.4, 0.5) is 0 Å². The highest BCUT2D eigenvalue weighted by atomic mass is 14.9. The molecule has 2 nitrogen and oxygen atoms in total. The van der Waals surface area contributed by atoms with Crippen LogP contribution in [-0.2, 0) is 6.42 Å². The summed E-state index contributed by atoms with van der Waals surface area (Å²) in [6.07, 6.45) is 7.36. The zero-order valence-corrected chi connectivity index (χ0v) is 11.2. The van der Waals surface area contributed by atoms with Gasteiger partial charge in [-0.25, -0.2) is 0 Å². The molecular formula is C16H22N2. The Morgan fingerprint density at radius 1 is 1.28 bits per heavy atom. The summed E-state index contributed by atoms with van der Waals surface area (Å²) in [5, 5.41) is 13.0. The molecule has 1 aromatic rings. The second kappa shape index (κ2) is 6.56. The van der Waals surface area contributed by atoms with Crippen LogP contribution in [-0.4, -0.2) is 6.04 Å². The van der Waals surface area contributed by atoms with Gasteiger partial charge in [-0.2, -0.15) is 5.26 Å². The fourth-order valence-electron chi connectivity index (χ4n) is 2.84. The zero-order valence-electron chi connectivity index (χ0n) is 11.2. The molecule has 0 heterocycles. The van der Waals surface area contributed by atoms with E-state index in [0.29, 0.717) is 6.04 Å². The van der Waals surface area contributed by atoms with Crippen LogP contribution < -0.4 is 5.32 Å². The smallest absolute Gasteiger partial charge is 0.121 e. The van der Waals surface area contributed by atoms with Crippen molar-refractivity contribution in [1.82, 2.24) is 5.32 Å². The van der Waals surface area contributed by atoms with Crippen molar-refractivity contribution in [2.75, 3.05) is 0 Å². The Morgan fingerprint density at radius 2 is 2.00 bits per heavy atom. The van der Waals surface area contributed by atoms with Gasteiger partial charge in [0.2, 0.25) is 0 Å². The van der Waals surface area contributed by atoms with Crippen molar-refractivity contribution >= 4 is 0 Å². The van der Waals surface area contributed by atoms with E-state index < -0.39 is 0 Å². The molecule has 96 valence electrons. The number of nitrogens with one attached hydrogen (secondary N) is 1. The molecule has 0 amide bonds. The lowest BCUT2D eigenvalue weighted by Gasteiger charge is -2.26. The molecule has 1 N–H and O–H groups in total. The van der Waals surface area contributed by atoms with Crippen LogP contribution in [0.5, 0.6) is 0 Å². The van der Waals surface area contributed by atoms with Crippen molar-refractivity contribution < 1.29 is 0 Å². The first-order chi connectivity index (χ1) is 8.85. The minimum atomic E-state index is -0.149. The molecule has 1 aromatic carbocycles. The summed E-state index contributed by atoms with van der Waals surface area (Å²) in [6.45, 7) is 2.15. The number of benzene rings is 1. The normalized spacial score (nSPS) is 18.2. The maximum Gasteiger partial charge on any atom is 0.121 e. The number of nitriles is 1. The highest BCUT2D eigenvalue weighted by Crippen LogP contribution is 2.23. The monoisotopic (exact) mass is 242 g/mol. The van der Waals surface area contributed by atoms with Gasteiger partial charge in [0.15, 0.2) is 0 Å². The standard InChI is InChI=1S/C16H22N2/c1-2-13-8-6-7-11-15(13)16(12-17)18-14-9-4-3-5-10-14/h6-8,11,14,16,18H,2-5,9-10H2,1H3. The summed E-state index contributed by atoms with van der Waals surface area (Å²) in [7, 11) is 0. The van der Waals surface area contributed by atoms with Gasteiger partial charge in [0.25, 0.3) is 0 Å². The van der Waals surface area contributed by atoms with Gasteiger partial charge in [0.05, 0.1) is 6.07 Å². The van der Waals surface area contributed by atoms with Crippen molar-refractivity contribution in [1.29, 1.82) is 5.26 Å². The minimum Gasteiger partial charge on any atom is -0.295 e. The third kappa shape index (κ3) is 3.11. The van der Waals surface area contributed by atoms with E-state index in [0.717, 1.165) is 12.0 Å². The van der Waals surface area contributed by atoms with Crippen LogP contribution in [0.1, 0.15) is 56.2 Å². The summed E-state index contributed by atoms with van der Waals surface area (Å²) < 4.78 is 0. The largest absolute Gasteiger partial charge is 0.295 e. The SMILES string of the molecule is CCc1ccccc1C(C#N)NC1CCCCC1. The molecule has 0 bridgehead atoms. The predicted molar refractivity (Wildman–Crippen MR) is 74.2 cm³/mol. The third-order valence-electron chi connectivity index (χ3n) is 3.88. The van der Waals surface area contributed by atoms with Crippen molar-refractivity contribution in [3.05, 3.63) is 35.4 Å². The van der Waals surface area contributed by atoms with E-state index in [1.54, 1.807) is 0 Å². The molecule has 0 radical (unpaired) electrons. The molecular weight excluding hydrogens is 220 g/mol. The lowest BCUT2D eigenvalue weighted by Crippen LogP contribution is -2.34. The van der Waals surface area contributed by atoms with Gasteiger partial charge >= 0.3 is 0 Å². The predicted octanol–water partition coefficient (Wildman–Crippen LogP) is 3.74. The number of hydrogen-bond acceptors (Lipinski definition) is 2. The van der Waals surface area contributed by atoms with Crippen LogP contribution in [0.2, 0.25) is 0 Å². The highest BCUT2D eigenvalue weighted by Gasteiger charge is 2.20. The Hall–Kier alpha value is -1.33. The van der Waals surface area contributed by atoms with Crippen LogP contribution in [0, 0.1) is 11.3 Å². The fourth-order valence-corrected chi connectivity index (χ4v) is 2.84. The van der Waals surface area contributed by atoms with Gasteiger partial charge in [-0.15, -0.1) is 0 Å². The van der Waals surface area contributed by atoms with E-state index in [1.807, 2.05) is 6.07 Å². The number of hydrogen-bond donors (Lipinski definition) is 1. The lowest BCUT2D eigenvalue weighted by atomic mass is 9.93. The van der Waals surface area contributed by atoms with Crippen molar-refractivity contribution in [2.24, 2.45) is 0 Å². The molecule has 1 saturated carbocycles. The van der Waals surface area contributed by atoms with Crippen LogP contribution >= 0.6 is 0 Å². The van der Waals surface area contributed by atoms with E-state index in [4.69, 9.17) is 0 Å². The Labute approximate surface area is 110 Å². The Bertz CT molecular complexity index is 413. The molecule has 2 rings (SSSR count). The zero-order chi connectivity index (χ0) is 12.8. The van der Waals surface area contributed by atoms with E-state index in [2.05, 4.69) is 36.5 Å². The summed E-state index contributed by atoms with van der Waals surface area (Å²) >= 11 is 0. The number of rotatable bonds is 4. The molecule has 1 atom stereocenters. The third-order valence-corrected chi connectivity index (χ3v) is 3.88.